The molecule has 152 valence electrons. The van der Waals surface area contributed by atoms with Crippen molar-refractivity contribution < 1.29 is 18.0 Å². The van der Waals surface area contributed by atoms with Crippen molar-refractivity contribution >= 4 is 67.4 Å². The highest BCUT2D eigenvalue weighted by Crippen LogP contribution is 2.33. The van der Waals surface area contributed by atoms with Gasteiger partial charge in [0.1, 0.15) is 9.46 Å². The zero-order valence-corrected chi connectivity index (χ0v) is 18.2. The molecule has 1 saturated heterocycles. The van der Waals surface area contributed by atoms with E-state index in [1.54, 1.807) is 24.3 Å². The topological polar surface area (TPSA) is 95.9 Å². The Morgan fingerprint density at radius 3 is 2.62 bits per heavy atom. The second-order valence-electron chi connectivity index (χ2n) is 5.87. The van der Waals surface area contributed by atoms with Gasteiger partial charge in [0.2, 0.25) is 11.8 Å². The molecule has 0 spiro atoms. The zero-order chi connectivity index (χ0) is 21.0. The predicted molar refractivity (Wildman–Crippen MR) is 117 cm³/mol. The molecule has 29 heavy (non-hydrogen) atoms. The van der Waals surface area contributed by atoms with Crippen LogP contribution in [-0.4, -0.2) is 42.1 Å². The summed E-state index contributed by atoms with van der Waals surface area (Å²) in [5.74, 6) is -0.744. The maximum absolute atomic E-state index is 12.7. The first-order valence-corrected chi connectivity index (χ1v) is 11.9. The van der Waals surface area contributed by atoms with Crippen LogP contribution in [0.25, 0.3) is 0 Å². The van der Waals surface area contributed by atoms with Gasteiger partial charge in [0.25, 0.3) is 10.0 Å². The molecular formula is C18H16ClN3O4S3. The van der Waals surface area contributed by atoms with Crippen LogP contribution >= 0.6 is 34.7 Å². The minimum Gasteiger partial charge on any atom is -0.326 e. The summed E-state index contributed by atoms with van der Waals surface area (Å²) in [6.07, 6.45) is 1.35. The van der Waals surface area contributed by atoms with E-state index in [2.05, 4.69) is 16.3 Å². The van der Waals surface area contributed by atoms with E-state index >= 15 is 0 Å². The van der Waals surface area contributed by atoms with Crippen molar-refractivity contribution in [3.63, 3.8) is 0 Å². The summed E-state index contributed by atoms with van der Waals surface area (Å²) < 4.78 is 29.2. The SMILES string of the molecule is C=CCN1C(=O)[C@H](CC(=O)Nc2ccccc2)SC1=NS(=O)(=O)c1ccc(Cl)s1. The molecule has 2 heterocycles. The van der Waals surface area contributed by atoms with Crippen molar-refractivity contribution in [2.45, 2.75) is 15.9 Å². The Labute approximate surface area is 181 Å². The first-order chi connectivity index (χ1) is 13.8. The van der Waals surface area contributed by atoms with Crippen LogP contribution in [0.5, 0.6) is 0 Å². The van der Waals surface area contributed by atoms with Crippen LogP contribution in [0.4, 0.5) is 5.69 Å². The number of carbonyl (C=O) groups is 2. The van der Waals surface area contributed by atoms with E-state index in [-0.39, 0.29) is 28.2 Å². The number of thioether (sulfide) groups is 1. The largest absolute Gasteiger partial charge is 0.326 e. The van der Waals surface area contributed by atoms with Crippen molar-refractivity contribution in [1.82, 2.24) is 4.90 Å². The molecule has 0 radical (unpaired) electrons. The molecule has 1 atom stereocenters. The third-order valence-electron chi connectivity index (χ3n) is 3.76. The molecule has 1 aliphatic heterocycles. The average Bonchev–Trinajstić information content (AvgIpc) is 3.22. The van der Waals surface area contributed by atoms with E-state index in [1.807, 2.05) is 6.07 Å². The van der Waals surface area contributed by atoms with Crippen molar-refractivity contribution in [3.05, 3.63) is 59.5 Å². The van der Waals surface area contributed by atoms with Crippen LogP contribution in [0.15, 0.2) is 63.7 Å². The molecule has 0 unspecified atom stereocenters. The summed E-state index contributed by atoms with van der Waals surface area (Å²) in [5, 5.41) is 1.95. The molecular weight excluding hydrogens is 454 g/mol. The van der Waals surface area contributed by atoms with Gasteiger partial charge >= 0.3 is 0 Å². The fourth-order valence-electron chi connectivity index (χ4n) is 2.49. The van der Waals surface area contributed by atoms with Crippen molar-refractivity contribution in [2.75, 3.05) is 11.9 Å². The number of para-hydroxylation sites is 1. The zero-order valence-electron chi connectivity index (χ0n) is 14.9. The molecule has 1 fully saturated rings. The number of amides is 2. The van der Waals surface area contributed by atoms with Crippen LogP contribution in [0.2, 0.25) is 4.34 Å². The molecule has 0 aliphatic carbocycles. The highest BCUT2D eigenvalue weighted by molar-refractivity contribution is 8.16. The molecule has 1 aromatic heterocycles. The Kier molecular flexibility index (Phi) is 6.78. The summed E-state index contributed by atoms with van der Waals surface area (Å²) in [5.41, 5.74) is 0.613. The first kappa shape index (κ1) is 21.6. The lowest BCUT2D eigenvalue weighted by molar-refractivity contribution is -0.127. The van der Waals surface area contributed by atoms with E-state index in [0.29, 0.717) is 10.0 Å². The number of carbonyl (C=O) groups excluding carboxylic acids is 2. The summed E-state index contributed by atoms with van der Waals surface area (Å²) in [4.78, 5) is 26.2. The molecule has 1 N–H and O–H groups in total. The Balaban J connectivity index is 1.79. The van der Waals surface area contributed by atoms with Gasteiger partial charge in [0.15, 0.2) is 5.17 Å². The molecule has 7 nitrogen and oxygen atoms in total. The molecule has 0 saturated carbocycles. The van der Waals surface area contributed by atoms with Gasteiger partial charge in [0, 0.05) is 18.7 Å². The van der Waals surface area contributed by atoms with Crippen LogP contribution in [0, 0.1) is 0 Å². The highest BCUT2D eigenvalue weighted by atomic mass is 35.5. The number of hydrogen-bond acceptors (Lipinski definition) is 6. The van der Waals surface area contributed by atoms with Gasteiger partial charge in [-0.05, 0) is 24.3 Å². The number of nitrogens with zero attached hydrogens (tertiary/aromatic N) is 2. The van der Waals surface area contributed by atoms with Gasteiger partial charge in [-0.15, -0.1) is 22.3 Å². The number of halogens is 1. The van der Waals surface area contributed by atoms with E-state index in [4.69, 9.17) is 11.6 Å². The second kappa shape index (κ2) is 9.12. The monoisotopic (exact) mass is 469 g/mol. The van der Waals surface area contributed by atoms with Crippen molar-refractivity contribution in [2.24, 2.45) is 4.40 Å². The molecule has 11 heteroatoms. The summed E-state index contributed by atoms with van der Waals surface area (Å²) in [6, 6.07) is 11.7. The van der Waals surface area contributed by atoms with E-state index < -0.39 is 21.2 Å². The molecule has 1 aliphatic rings. The fourth-order valence-corrected chi connectivity index (χ4v) is 6.32. The fraction of sp³-hybridized carbons (Fsp3) is 0.167. The smallest absolute Gasteiger partial charge is 0.294 e. The Morgan fingerprint density at radius 1 is 1.28 bits per heavy atom. The minimum absolute atomic E-state index is 0.0110. The van der Waals surface area contributed by atoms with Crippen LogP contribution in [0.1, 0.15) is 6.42 Å². The number of rotatable bonds is 7. The number of sulfonamides is 1. The Morgan fingerprint density at radius 2 is 2.00 bits per heavy atom. The standard InChI is InChI=1S/C18H16ClN3O4S3/c1-2-10-22-17(24)13(11-15(23)20-12-6-4-3-5-7-12)27-18(22)21-29(25,26)16-9-8-14(19)28-16/h2-9,13H,1,10-11H2,(H,20,23)/t13-/m0/s1. The molecule has 3 rings (SSSR count). The normalized spacial score (nSPS) is 18.2. The van der Waals surface area contributed by atoms with Crippen molar-refractivity contribution in [3.8, 4) is 0 Å². The lowest BCUT2D eigenvalue weighted by Gasteiger charge is -2.13. The summed E-state index contributed by atoms with van der Waals surface area (Å²) in [6.45, 7) is 3.68. The predicted octanol–water partition coefficient (Wildman–Crippen LogP) is 3.61. The molecule has 2 aromatic rings. The van der Waals surface area contributed by atoms with Crippen LogP contribution in [0.3, 0.4) is 0 Å². The average molecular weight is 470 g/mol. The quantitative estimate of drug-likeness (QED) is 0.625. The number of hydrogen-bond donors (Lipinski definition) is 1. The van der Waals surface area contributed by atoms with Crippen molar-refractivity contribution in [1.29, 1.82) is 0 Å². The molecule has 2 amide bonds. The van der Waals surface area contributed by atoms with Crippen LogP contribution < -0.4 is 5.32 Å². The van der Waals surface area contributed by atoms with Gasteiger partial charge in [-0.3, -0.25) is 14.5 Å². The first-order valence-electron chi connectivity index (χ1n) is 8.34. The molecule has 1 aromatic carbocycles. The molecule has 0 bridgehead atoms. The Bertz CT molecular complexity index is 1070. The Hall–Kier alpha value is -2.14. The minimum atomic E-state index is -4.03. The maximum Gasteiger partial charge on any atom is 0.294 e. The third kappa shape index (κ3) is 5.27. The lowest BCUT2D eigenvalue weighted by atomic mass is 10.2. The maximum atomic E-state index is 12.7. The lowest BCUT2D eigenvalue weighted by Crippen LogP contribution is -2.33. The van der Waals surface area contributed by atoms with Gasteiger partial charge in [-0.1, -0.05) is 47.6 Å². The van der Waals surface area contributed by atoms with Gasteiger partial charge in [-0.2, -0.15) is 8.42 Å². The highest BCUT2D eigenvalue weighted by Gasteiger charge is 2.39. The number of anilines is 1. The van der Waals surface area contributed by atoms with Gasteiger partial charge in [0.05, 0.1) is 4.34 Å². The van der Waals surface area contributed by atoms with Gasteiger partial charge < -0.3 is 5.32 Å². The second-order valence-corrected chi connectivity index (χ2v) is 10.6. The number of thiophene rings is 1. The number of benzene rings is 1. The van der Waals surface area contributed by atoms with E-state index in [9.17, 15) is 18.0 Å². The van der Waals surface area contributed by atoms with Gasteiger partial charge in [-0.25, -0.2) is 0 Å². The number of amidine groups is 1. The van der Waals surface area contributed by atoms with E-state index in [1.165, 1.54) is 23.1 Å². The van der Waals surface area contributed by atoms with Crippen LogP contribution in [-0.2, 0) is 19.6 Å². The summed E-state index contributed by atoms with van der Waals surface area (Å²) in [7, 11) is -4.03. The summed E-state index contributed by atoms with van der Waals surface area (Å²) >= 11 is 7.63. The third-order valence-corrected chi connectivity index (χ3v) is 8.02. The number of nitrogens with one attached hydrogen (secondary N) is 1. The van der Waals surface area contributed by atoms with E-state index in [0.717, 1.165) is 23.1 Å².